The van der Waals surface area contributed by atoms with Gasteiger partial charge in [0.25, 0.3) is 5.91 Å². The summed E-state index contributed by atoms with van der Waals surface area (Å²) in [6.07, 6.45) is 5.60. The third-order valence-electron chi connectivity index (χ3n) is 8.97. The molecule has 2 aliphatic heterocycles. The maximum Gasteiger partial charge on any atom is 0.335 e. The number of hydrogen-bond acceptors (Lipinski definition) is 6. The summed E-state index contributed by atoms with van der Waals surface area (Å²) in [7, 11) is 1.75. The van der Waals surface area contributed by atoms with Gasteiger partial charge in [-0.15, -0.1) is 0 Å². The van der Waals surface area contributed by atoms with Gasteiger partial charge < -0.3 is 36.4 Å². The highest BCUT2D eigenvalue weighted by atomic mass is 16.5. The Morgan fingerprint density at radius 2 is 1.68 bits per heavy atom. The van der Waals surface area contributed by atoms with Gasteiger partial charge in [-0.25, -0.2) is 4.79 Å². The molecule has 0 spiro atoms. The summed E-state index contributed by atoms with van der Waals surface area (Å²) in [4.78, 5) is 47.3. The summed E-state index contributed by atoms with van der Waals surface area (Å²) in [5, 5.41) is 12.2. The van der Waals surface area contributed by atoms with Crippen LogP contribution in [0.4, 0.5) is 11.4 Å². The van der Waals surface area contributed by atoms with Crippen molar-refractivity contribution in [3.05, 3.63) is 59.2 Å². The van der Waals surface area contributed by atoms with Crippen molar-refractivity contribution < 1.29 is 24.2 Å². The number of nitrogens with one attached hydrogen (secondary N) is 1. The number of fused-ring (bicyclic) bond motifs is 1. The summed E-state index contributed by atoms with van der Waals surface area (Å²) in [5.74, 6) is 1.51. The quantitative estimate of drug-likeness (QED) is 0.223. The number of rotatable bonds is 6. The minimum absolute atomic E-state index is 0.0287. The van der Waals surface area contributed by atoms with E-state index in [2.05, 4.69) is 33.2 Å². The molecule has 0 aromatic heterocycles. The first-order valence-electron chi connectivity index (χ1n) is 15.2. The van der Waals surface area contributed by atoms with Gasteiger partial charge in [-0.2, -0.15) is 4.99 Å². The van der Waals surface area contributed by atoms with Crippen molar-refractivity contribution in [2.24, 2.45) is 28.3 Å². The van der Waals surface area contributed by atoms with Crippen molar-refractivity contribution in [2.75, 3.05) is 37.0 Å². The lowest BCUT2D eigenvalue weighted by Gasteiger charge is -2.41. The minimum atomic E-state index is -1.04. The van der Waals surface area contributed by atoms with E-state index < -0.39 is 12.0 Å². The molecule has 11 nitrogen and oxygen atoms in total. The number of carboxylic acid groups (broad SMARTS) is 1. The van der Waals surface area contributed by atoms with E-state index in [0.717, 1.165) is 55.6 Å². The molecule has 232 valence electrons. The molecular formula is C33H40N6O5. The molecule has 2 amide bonds. The molecule has 44 heavy (non-hydrogen) atoms. The number of nitrogens with zero attached hydrogens (tertiary/aromatic N) is 3. The predicted octanol–water partition coefficient (Wildman–Crippen LogP) is 3.11. The zero-order chi connectivity index (χ0) is 31.2. The van der Waals surface area contributed by atoms with E-state index in [0.29, 0.717) is 31.5 Å². The third kappa shape index (κ3) is 6.97. The van der Waals surface area contributed by atoms with Crippen LogP contribution in [0.5, 0.6) is 0 Å². The van der Waals surface area contributed by atoms with Crippen LogP contribution in [0, 0.1) is 23.8 Å². The molecule has 1 aliphatic carbocycles. The standard InChI is InChI=1S/C33H40N6O5/c1-44-25-14-18-38(19-15-25)28-4-2-3-27-26(28)16-20-39(29(27)30(40)37-24-11-9-23(10-12-24)32(42)43)31(41)22-7-5-21(6-8-22)13-17-36-33(34)35/h2-4,9-12,21-22,25,29H,5-8,14-16,18-20H2,1H3,(H,37,40)(H,42,43)(H4,34,35,36). The van der Waals surface area contributed by atoms with Crippen molar-refractivity contribution in [2.45, 2.75) is 57.1 Å². The van der Waals surface area contributed by atoms with Crippen molar-refractivity contribution in [1.82, 2.24) is 4.90 Å². The number of aliphatic imine (C=N–C) groups is 1. The second-order valence-electron chi connectivity index (χ2n) is 11.7. The van der Waals surface area contributed by atoms with Crippen LogP contribution in [0.15, 0.2) is 47.5 Å². The Morgan fingerprint density at radius 3 is 2.32 bits per heavy atom. The largest absolute Gasteiger partial charge is 0.478 e. The van der Waals surface area contributed by atoms with Crippen LogP contribution in [0.1, 0.15) is 66.1 Å². The Bertz CT molecular complexity index is 1460. The number of guanidine groups is 1. The first-order valence-corrected chi connectivity index (χ1v) is 15.2. The van der Waals surface area contributed by atoms with E-state index in [-0.39, 0.29) is 41.3 Å². The first-order chi connectivity index (χ1) is 21.2. The normalized spacial score (nSPS) is 21.8. The van der Waals surface area contributed by atoms with Gasteiger partial charge in [0.1, 0.15) is 6.04 Å². The van der Waals surface area contributed by atoms with Crippen LogP contribution >= 0.6 is 0 Å². The zero-order valence-corrected chi connectivity index (χ0v) is 25.0. The summed E-state index contributed by atoms with van der Waals surface area (Å²) < 4.78 is 5.57. The number of methoxy groups -OCH3 is 1. The maximum atomic E-state index is 14.1. The SMILES string of the molecule is COC1CCN(c2cccc3c2CCN(C(=O)C2CCC(C#CN=C(N)N)CC2)C3C(=O)Nc2ccc(C(=O)O)cc2)CC1. The van der Waals surface area contributed by atoms with E-state index >= 15 is 0 Å². The predicted molar refractivity (Wildman–Crippen MR) is 168 cm³/mol. The van der Waals surface area contributed by atoms with Crippen LogP contribution in [0.25, 0.3) is 0 Å². The van der Waals surface area contributed by atoms with Crippen molar-refractivity contribution in [1.29, 1.82) is 0 Å². The molecule has 6 N–H and O–H groups in total. The summed E-state index contributed by atoms with van der Waals surface area (Å²) in [6.45, 7) is 2.15. The maximum absolute atomic E-state index is 14.1. The second kappa shape index (κ2) is 13.8. The Balaban J connectivity index is 1.40. The summed E-state index contributed by atoms with van der Waals surface area (Å²) in [6, 6.07) is 13.9. The lowest BCUT2D eigenvalue weighted by Crippen LogP contribution is -2.48. The Hall–Kier alpha value is -4.56. The number of aromatic carboxylic acids is 1. The molecule has 2 heterocycles. The van der Waals surface area contributed by atoms with E-state index in [4.69, 9.17) is 16.2 Å². The van der Waals surface area contributed by atoms with Gasteiger partial charge in [0.15, 0.2) is 5.96 Å². The lowest BCUT2D eigenvalue weighted by molar-refractivity contribution is -0.144. The fraction of sp³-hybridized carbons (Fsp3) is 0.455. The van der Waals surface area contributed by atoms with E-state index in [9.17, 15) is 19.5 Å². The molecule has 3 aliphatic rings. The van der Waals surface area contributed by atoms with Gasteiger partial charge >= 0.3 is 5.97 Å². The molecule has 5 rings (SSSR count). The number of carbonyl (C=O) groups is 3. The van der Waals surface area contributed by atoms with Crippen LogP contribution in [0.2, 0.25) is 0 Å². The lowest BCUT2D eigenvalue weighted by atomic mass is 9.80. The van der Waals surface area contributed by atoms with Crippen LogP contribution in [0.3, 0.4) is 0 Å². The number of benzene rings is 2. The van der Waals surface area contributed by atoms with E-state index in [1.807, 2.05) is 12.1 Å². The number of nitrogens with two attached hydrogens (primary N) is 2. The Labute approximate surface area is 257 Å². The minimum Gasteiger partial charge on any atom is -0.478 e. The molecule has 0 radical (unpaired) electrons. The number of piperidine rings is 1. The first kappa shape index (κ1) is 30.9. The van der Waals surface area contributed by atoms with Crippen molar-refractivity contribution >= 4 is 35.1 Å². The number of hydrogen-bond donors (Lipinski definition) is 4. The molecule has 11 heteroatoms. The summed E-state index contributed by atoms with van der Waals surface area (Å²) >= 11 is 0. The average molecular weight is 601 g/mol. The van der Waals surface area contributed by atoms with Crippen molar-refractivity contribution in [3.63, 3.8) is 0 Å². The molecule has 1 atom stereocenters. The van der Waals surface area contributed by atoms with Gasteiger partial charge in [0.2, 0.25) is 5.91 Å². The fourth-order valence-electron chi connectivity index (χ4n) is 6.61. The molecule has 0 bridgehead atoms. The van der Waals surface area contributed by atoms with Gasteiger partial charge in [0.05, 0.1) is 11.7 Å². The highest BCUT2D eigenvalue weighted by Crippen LogP contribution is 2.39. The van der Waals surface area contributed by atoms with Gasteiger partial charge in [-0.1, -0.05) is 18.1 Å². The number of ether oxygens (including phenoxy) is 1. The van der Waals surface area contributed by atoms with Crippen LogP contribution in [-0.2, 0) is 20.7 Å². The molecule has 1 saturated heterocycles. The van der Waals surface area contributed by atoms with E-state index in [1.165, 1.54) is 12.1 Å². The van der Waals surface area contributed by atoms with Crippen molar-refractivity contribution in [3.8, 4) is 12.0 Å². The highest BCUT2D eigenvalue weighted by Gasteiger charge is 2.40. The van der Waals surface area contributed by atoms with Gasteiger partial charge in [-0.3, -0.25) is 9.59 Å². The molecule has 2 aromatic rings. The molecule has 2 fully saturated rings. The third-order valence-corrected chi connectivity index (χ3v) is 8.97. The second-order valence-corrected chi connectivity index (χ2v) is 11.7. The van der Waals surface area contributed by atoms with Crippen LogP contribution < -0.4 is 21.7 Å². The fourth-order valence-corrected chi connectivity index (χ4v) is 6.61. The molecule has 2 aromatic carbocycles. The Kier molecular flexibility index (Phi) is 9.70. The molecule has 1 unspecified atom stereocenters. The zero-order valence-electron chi connectivity index (χ0n) is 25.0. The smallest absolute Gasteiger partial charge is 0.335 e. The molecular weight excluding hydrogens is 560 g/mol. The van der Waals surface area contributed by atoms with Gasteiger partial charge in [-0.05, 0) is 86.4 Å². The monoisotopic (exact) mass is 600 g/mol. The topological polar surface area (TPSA) is 164 Å². The molecule has 1 saturated carbocycles. The number of carboxylic acids is 1. The number of anilines is 2. The van der Waals surface area contributed by atoms with E-state index in [1.54, 1.807) is 24.1 Å². The Morgan fingerprint density at radius 1 is 0.977 bits per heavy atom. The van der Waals surface area contributed by atoms with Gasteiger partial charge in [0, 0.05) is 56.0 Å². The number of carbonyl (C=O) groups excluding carboxylic acids is 2. The van der Waals surface area contributed by atoms with Crippen LogP contribution in [-0.4, -0.2) is 66.6 Å². The summed E-state index contributed by atoms with van der Waals surface area (Å²) in [5.41, 5.74) is 14.3. The highest BCUT2D eigenvalue weighted by molar-refractivity contribution is 5.99. The number of amides is 2. The average Bonchev–Trinajstić information content (AvgIpc) is 3.04.